The topological polar surface area (TPSA) is 56.1 Å². The summed E-state index contributed by atoms with van der Waals surface area (Å²) in [6.45, 7) is 2.33. The van der Waals surface area contributed by atoms with Gasteiger partial charge < -0.3 is 10.2 Å². The highest BCUT2D eigenvalue weighted by Gasteiger charge is 2.35. The maximum absolute atomic E-state index is 13.3. The summed E-state index contributed by atoms with van der Waals surface area (Å²) >= 11 is 0. The maximum Gasteiger partial charge on any atom is 0.417 e. The zero-order valence-corrected chi connectivity index (χ0v) is 16.0. The van der Waals surface area contributed by atoms with Gasteiger partial charge in [-0.2, -0.15) is 18.4 Å². The number of nitrogens with zero attached hydrogens (tertiary/aromatic N) is 2. The summed E-state index contributed by atoms with van der Waals surface area (Å²) in [6, 6.07) is 14.5. The number of hydrogen-bond acceptors (Lipinski definition) is 3. The molecule has 3 rings (SSSR count). The number of nitriles is 1. The van der Waals surface area contributed by atoms with Crippen LogP contribution in [0.25, 0.3) is 0 Å². The van der Waals surface area contributed by atoms with Gasteiger partial charge in [-0.3, -0.25) is 4.79 Å². The highest BCUT2D eigenvalue weighted by Crippen LogP contribution is 2.36. The molecule has 1 aliphatic carbocycles. The van der Waals surface area contributed by atoms with Crippen LogP contribution in [-0.2, 0) is 11.0 Å². The van der Waals surface area contributed by atoms with E-state index in [9.17, 15) is 18.0 Å². The highest BCUT2D eigenvalue weighted by molar-refractivity contribution is 5.82. The van der Waals surface area contributed by atoms with Gasteiger partial charge >= 0.3 is 6.18 Å². The summed E-state index contributed by atoms with van der Waals surface area (Å²) in [5.41, 5.74) is -0.149. The van der Waals surface area contributed by atoms with Crippen LogP contribution < -0.4 is 10.2 Å². The van der Waals surface area contributed by atoms with Gasteiger partial charge in [0.25, 0.3) is 0 Å². The fourth-order valence-corrected chi connectivity index (χ4v) is 3.22. The lowest BCUT2D eigenvalue weighted by atomic mass is 10.1. The number of rotatable bonds is 7. The van der Waals surface area contributed by atoms with Crippen LogP contribution in [0.3, 0.4) is 0 Å². The van der Waals surface area contributed by atoms with Crippen LogP contribution in [-0.4, -0.2) is 19.0 Å². The fourth-order valence-electron chi connectivity index (χ4n) is 3.22. The lowest BCUT2D eigenvalue weighted by molar-refractivity contribution is -0.137. The summed E-state index contributed by atoms with van der Waals surface area (Å²) in [6.07, 6.45) is -2.63. The molecule has 1 N–H and O–H groups in total. The molecule has 0 aromatic heterocycles. The van der Waals surface area contributed by atoms with Gasteiger partial charge in [0.05, 0.1) is 29.8 Å². The third-order valence-electron chi connectivity index (χ3n) is 4.98. The van der Waals surface area contributed by atoms with Gasteiger partial charge in [0.2, 0.25) is 5.91 Å². The second-order valence-electron chi connectivity index (χ2n) is 7.36. The average molecular weight is 401 g/mol. The van der Waals surface area contributed by atoms with Crippen molar-refractivity contribution in [2.75, 3.05) is 18.0 Å². The first-order valence-electron chi connectivity index (χ1n) is 9.48. The molecule has 2 aromatic carbocycles. The normalized spacial score (nSPS) is 14.7. The maximum atomic E-state index is 13.3. The van der Waals surface area contributed by atoms with Crippen LogP contribution in [0.1, 0.15) is 42.5 Å². The van der Waals surface area contributed by atoms with Gasteiger partial charge in [-0.15, -0.1) is 0 Å². The average Bonchev–Trinajstić information content (AvgIpc) is 3.51. The van der Waals surface area contributed by atoms with Crippen LogP contribution in [0.2, 0.25) is 0 Å². The first-order valence-corrected chi connectivity index (χ1v) is 9.48. The van der Waals surface area contributed by atoms with E-state index in [2.05, 4.69) is 5.32 Å². The van der Waals surface area contributed by atoms with Crippen molar-refractivity contribution in [1.82, 2.24) is 5.32 Å². The molecule has 0 saturated heterocycles. The molecule has 1 atom stereocenters. The van der Waals surface area contributed by atoms with E-state index in [-0.39, 0.29) is 18.5 Å². The minimum atomic E-state index is -4.63. The van der Waals surface area contributed by atoms with E-state index in [0.29, 0.717) is 18.2 Å². The first-order chi connectivity index (χ1) is 13.8. The Morgan fingerprint density at radius 2 is 1.93 bits per heavy atom. The predicted molar refractivity (Wildman–Crippen MR) is 104 cm³/mol. The SMILES string of the molecule is C[C@@H](NC(=O)CN(CC1CC1)c1ccc(C#N)c(C(F)(F)F)c1)c1ccccc1. The number of anilines is 1. The zero-order chi connectivity index (χ0) is 21.0. The van der Waals surface area contributed by atoms with Crippen molar-refractivity contribution in [3.05, 3.63) is 65.2 Å². The molecule has 0 bridgehead atoms. The number of hydrogen-bond donors (Lipinski definition) is 1. The Bertz CT molecular complexity index is 902. The molecule has 0 radical (unpaired) electrons. The third kappa shape index (κ3) is 5.50. The fraction of sp³-hybridized carbons (Fsp3) is 0.364. The van der Waals surface area contributed by atoms with Crippen molar-refractivity contribution < 1.29 is 18.0 Å². The molecule has 29 heavy (non-hydrogen) atoms. The van der Waals surface area contributed by atoms with E-state index in [1.165, 1.54) is 12.1 Å². The second-order valence-corrected chi connectivity index (χ2v) is 7.36. The van der Waals surface area contributed by atoms with E-state index in [4.69, 9.17) is 5.26 Å². The number of carbonyl (C=O) groups excluding carboxylic acids is 1. The standard InChI is InChI=1S/C22H22F3N3O/c1-15(17-5-3-2-4-6-17)27-21(29)14-28(13-16-7-8-16)19-10-9-18(12-26)20(11-19)22(23,24)25/h2-6,9-11,15-16H,7-8,13-14H2,1H3,(H,27,29)/t15-/m1/s1. The summed E-state index contributed by atoms with van der Waals surface area (Å²) in [4.78, 5) is 14.3. The lowest BCUT2D eigenvalue weighted by Crippen LogP contribution is -2.39. The number of nitrogens with one attached hydrogen (secondary N) is 1. The largest absolute Gasteiger partial charge is 0.417 e. The molecule has 2 aromatic rings. The van der Waals surface area contributed by atoms with Crippen molar-refractivity contribution in [3.63, 3.8) is 0 Å². The Morgan fingerprint density at radius 1 is 1.24 bits per heavy atom. The lowest BCUT2D eigenvalue weighted by Gasteiger charge is -2.26. The van der Waals surface area contributed by atoms with Gasteiger partial charge in [0.15, 0.2) is 0 Å². The van der Waals surface area contributed by atoms with Crippen molar-refractivity contribution in [2.45, 2.75) is 32.0 Å². The first kappa shape index (κ1) is 20.7. The third-order valence-corrected chi connectivity index (χ3v) is 4.98. The number of alkyl halides is 3. The minimum absolute atomic E-state index is 0.0448. The van der Waals surface area contributed by atoms with Gasteiger partial charge in [-0.05, 0) is 49.4 Å². The molecule has 7 heteroatoms. The Hall–Kier alpha value is -3.01. The predicted octanol–water partition coefficient (Wildman–Crippen LogP) is 4.67. The quantitative estimate of drug-likeness (QED) is 0.734. The van der Waals surface area contributed by atoms with Gasteiger partial charge in [-0.25, -0.2) is 0 Å². The van der Waals surface area contributed by atoms with Crippen molar-refractivity contribution in [2.24, 2.45) is 5.92 Å². The Kier molecular flexibility index (Phi) is 6.12. The van der Waals surface area contributed by atoms with Gasteiger partial charge in [0.1, 0.15) is 0 Å². The minimum Gasteiger partial charge on any atom is -0.362 e. The van der Waals surface area contributed by atoms with Gasteiger partial charge in [-0.1, -0.05) is 30.3 Å². The molecular weight excluding hydrogens is 379 g/mol. The number of halogens is 3. The van der Waals surface area contributed by atoms with Crippen molar-refractivity contribution in [3.8, 4) is 6.07 Å². The molecule has 0 aliphatic heterocycles. The van der Waals surface area contributed by atoms with E-state index >= 15 is 0 Å². The Labute approximate surface area is 167 Å². The molecule has 1 fully saturated rings. The molecule has 0 spiro atoms. The zero-order valence-electron chi connectivity index (χ0n) is 16.0. The van der Waals surface area contributed by atoms with Gasteiger partial charge in [0, 0.05) is 12.2 Å². The van der Waals surface area contributed by atoms with E-state index in [0.717, 1.165) is 24.5 Å². The summed E-state index contributed by atoms with van der Waals surface area (Å²) < 4.78 is 40.0. The molecule has 1 amide bonds. The van der Waals surface area contributed by atoms with E-state index in [1.54, 1.807) is 11.0 Å². The van der Waals surface area contributed by atoms with Crippen LogP contribution in [0.15, 0.2) is 48.5 Å². The molecule has 152 valence electrons. The highest BCUT2D eigenvalue weighted by atomic mass is 19.4. The Morgan fingerprint density at radius 3 is 2.52 bits per heavy atom. The van der Waals surface area contributed by atoms with Crippen LogP contribution in [0, 0.1) is 17.2 Å². The van der Waals surface area contributed by atoms with Crippen LogP contribution >= 0.6 is 0 Å². The molecule has 1 aliphatic rings. The molecular formula is C22H22F3N3O. The number of amides is 1. The number of benzene rings is 2. The summed E-state index contributed by atoms with van der Waals surface area (Å²) in [5.74, 6) is 0.110. The summed E-state index contributed by atoms with van der Waals surface area (Å²) in [7, 11) is 0. The second kappa shape index (κ2) is 8.56. The molecule has 4 nitrogen and oxygen atoms in total. The molecule has 0 heterocycles. The van der Waals surface area contributed by atoms with E-state index in [1.807, 2.05) is 37.3 Å². The van der Waals surface area contributed by atoms with E-state index < -0.39 is 17.3 Å². The van der Waals surface area contributed by atoms with Crippen molar-refractivity contribution >= 4 is 11.6 Å². The van der Waals surface area contributed by atoms with Crippen molar-refractivity contribution in [1.29, 1.82) is 5.26 Å². The summed E-state index contributed by atoms with van der Waals surface area (Å²) in [5, 5.41) is 11.9. The Balaban J connectivity index is 1.78. The number of carbonyl (C=O) groups is 1. The smallest absolute Gasteiger partial charge is 0.362 e. The monoisotopic (exact) mass is 401 g/mol. The van der Waals surface area contributed by atoms with Crippen LogP contribution in [0.5, 0.6) is 0 Å². The molecule has 0 unspecified atom stereocenters. The molecule has 1 saturated carbocycles. The van der Waals surface area contributed by atoms with Crippen LogP contribution in [0.4, 0.5) is 18.9 Å².